The van der Waals surface area contributed by atoms with Crippen molar-refractivity contribution in [3.8, 4) is 5.75 Å². The fraction of sp³-hybridized carbons (Fsp3) is 0.500. The largest absolute Gasteiger partial charge is 0.494 e. The van der Waals surface area contributed by atoms with Crippen LogP contribution in [0.3, 0.4) is 0 Å². The van der Waals surface area contributed by atoms with Gasteiger partial charge in [0.2, 0.25) is 0 Å². The molecule has 1 heterocycles. The first-order chi connectivity index (χ1) is 11.2. The first-order valence-electron chi connectivity index (χ1n) is 7.64. The van der Waals surface area contributed by atoms with E-state index < -0.39 is 33.9 Å². The minimum atomic E-state index is -3.12. The quantitative estimate of drug-likeness (QED) is 0.763. The van der Waals surface area contributed by atoms with Gasteiger partial charge in [-0.2, -0.15) is 0 Å². The van der Waals surface area contributed by atoms with Crippen molar-refractivity contribution in [3.05, 3.63) is 29.8 Å². The van der Waals surface area contributed by atoms with E-state index in [4.69, 9.17) is 9.47 Å². The van der Waals surface area contributed by atoms with Crippen LogP contribution in [-0.4, -0.2) is 50.6 Å². The Hall–Kier alpha value is -2.09. The molecule has 0 radical (unpaired) electrons. The lowest BCUT2D eigenvalue weighted by atomic mass is 10.0. The van der Waals surface area contributed by atoms with Crippen LogP contribution in [-0.2, 0) is 19.4 Å². The number of hydrogen-bond donors (Lipinski definition) is 1. The maximum Gasteiger partial charge on any atom is 0.338 e. The van der Waals surface area contributed by atoms with Gasteiger partial charge in [-0.25, -0.2) is 13.2 Å². The summed E-state index contributed by atoms with van der Waals surface area (Å²) in [5, 5.41) is 2.63. The van der Waals surface area contributed by atoms with Crippen molar-refractivity contribution in [2.45, 2.75) is 25.8 Å². The fourth-order valence-electron chi connectivity index (χ4n) is 2.55. The molecule has 0 saturated carbocycles. The van der Waals surface area contributed by atoms with Crippen LogP contribution in [0.25, 0.3) is 0 Å². The summed E-state index contributed by atoms with van der Waals surface area (Å²) < 4.78 is 33.2. The number of amides is 1. The van der Waals surface area contributed by atoms with Crippen molar-refractivity contribution in [1.82, 2.24) is 5.32 Å². The molecule has 0 spiro atoms. The molecule has 1 amide bonds. The number of nitrogens with one attached hydrogen (secondary N) is 1. The summed E-state index contributed by atoms with van der Waals surface area (Å²) in [6, 6.07) is 6.39. The van der Waals surface area contributed by atoms with Gasteiger partial charge in [0.1, 0.15) is 5.75 Å². The smallest absolute Gasteiger partial charge is 0.338 e. The summed E-state index contributed by atoms with van der Waals surface area (Å²) in [5.41, 5.74) is -0.498. The topological polar surface area (TPSA) is 98.8 Å². The van der Waals surface area contributed by atoms with Crippen molar-refractivity contribution in [1.29, 1.82) is 0 Å². The van der Waals surface area contributed by atoms with Crippen LogP contribution in [0.15, 0.2) is 24.3 Å². The number of ether oxygens (including phenoxy) is 2. The molecule has 1 aliphatic rings. The van der Waals surface area contributed by atoms with Crippen molar-refractivity contribution < 1.29 is 27.5 Å². The second-order valence-corrected chi connectivity index (χ2v) is 8.17. The Morgan fingerprint density at radius 2 is 1.92 bits per heavy atom. The van der Waals surface area contributed by atoms with Crippen molar-refractivity contribution in [2.24, 2.45) is 0 Å². The van der Waals surface area contributed by atoms with Crippen LogP contribution in [0.1, 0.15) is 30.6 Å². The summed E-state index contributed by atoms with van der Waals surface area (Å²) in [4.78, 5) is 23.8. The zero-order valence-electron chi connectivity index (χ0n) is 13.7. The van der Waals surface area contributed by atoms with Gasteiger partial charge < -0.3 is 14.8 Å². The van der Waals surface area contributed by atoms with Crippen molar-refractivity contribution in [3.63, 3.8) is 0 Å². The molecular formula is C16H21NO6S. The first kappa shape index (κ1) is 18.3. The van der Waals surface area contributed by atoms with Gasteiger partial charge in [-0.15, -0.1) is 0 Å². The van der Waals surface area contributed by atoms with E-state index in [0.717, 1.165) is 0 Å². The maximum absolute atomic E-state index is 11.9. The van der Waals surface area contributed by atoms with Crippen molar-refractivity contribution in [2.75, 3.05) is 24.7 Å². The molecule has 1 saturated heterocycles. The highest BCUT2D eigenvalue weighted by atomic mass is 32.2. The van der Waals surface area contributed by atoms with Gasteiger partial charge in [0.25, 0.3) is 5.91 Å². The second-order valence-electron chi connectivity index (χ2n) is 5.98. The van der Waals surface area contributed by atoms with E-state index in [9.17, 15) is 18.0 Å². The van der Waals surface area contributed by atoms with E-state index in [-0.39, 0.29) is 11.5 Å². The third kappa shape index (κ3) is 4.95. The molecule has 0 aromatic heterocycles. The fourth-order valence-corrected chi connectivity index (χ4v) is 4.64. The highest BCUT2D eigenvalue weighted by Gasteiger charge is 2.39. The van der Waals surface area contributed by atoms with Crippen molar-refractivity contribution >= 4 is 21.7 Å². The van der Waals surface area contributed by atoms with E-state index in [1.54, 1.807) is 31.2 Å². The standard InChI is InChI=1S/C16H21NO6S/c1-3-22-13-6-4-12(5-7-13)15(19)23-10-14(18)17-16(2)8-9-24(20,21)11-16/h4-7H,3,8-11H2,1-2H3,(H,17,18)/t16-/m0/s1. The summed E-state index contributed by atoms with van der Waals surface area (Å²) >= 11 is 0. The average molecular weight is 355 g/mol. The first-order valence-corrected chi connectivity index (χ1v) is 9.47. The van der Waals surface area contributed by atoms with E-state index in [1.165, 1.54) is 0 Å². The Morgan fingerprint density at radius 3 is 2.46 bits per heavy atom. The zero-order chi connectivity index (χ0) is 17.8. The molecule has 1 fully saturated rings. The van der Waals surface area contributed by atoms with Gasteiger partial charge in [-0.05, 0) is 44.5 Å². The lowest BCUT2D eigenvalue weighted by molar-refractivity contribution is -0.125. The molecular weight excluding hydrogens is 334 g/mol. The number of hydrogen-bond acceptors (Lipinski definition) is 6. The molecule has 24 heavy (non-hydrogen) atoms. The predicted octanol–water partition coefficient (Wildman–Crippen LogP) is 0.936. The number of carbonyl (C=O) groups is 2. The number of rotatable bonds is 6. The number of esters is 1. The average Bonchev–Trinajstić information content (AvgIpc) is 2.79. The van der Waals surface area contributed by atoms with E-state index in [1.807, 2.05) is 6.92 Å². The van der Waals surface area contributed by atoms with Gasteiger partial charge in [0.15, 0.2) is 16.4 Å². The highest BCUT2D eigenvalue weighted by molar-refractivity contribution is 7.91. The monoisotopic (exact) mass is 355 g/mol. The van der Waals surface area contributed by atoms with Crippen LogP contribution in [0.4, 0.5) is 0 Å². The normalized spacial score (nSPS) is 21.9. The van der Waals surface area contributed by atoms with Crippen LogP contribution < -0.4 is 10.1 Å². The van der Waals surface area contributed by atoms with Crippen LogP contribution in [0, 0.1) is 0 Å². The zero-order valence-corrected chi connectivity index (χ0v) is 14.5. The molecule has 0 unspecified atom stereocenters. The highest BCUT2D eigenvalue weighted by Crippen LogP contribution is 2.22. The SMILES string of the molecule is CCOc1ccc(C(=O)OCC(=O)N[C@@]2(C)CCS(=O)(=O)C2)cc1. The predicted molar refractivity (Wildman–Crippen MR) is 87.7 cm³/mol. The number of carbonyl (C=O) groups excluding carboxylic acids is 2. The third-order valence-electron chi connectivity index (χ3n) is 3.68. The molecule has 132 valence electrons. The minimum absolute atomic E-state index is 0.0513. The number of sulfone groups is 1. The Bertz CT molecular complexity index is 713. The Morgan fingerprint density at radius 1 is 1.25 bits per heavy atom. The summed E-state index contributed by atoms with van der Waals surface area (Å²) in [6.07, 6.45) is 0.355. The van der Waals surface area contributed by atoms with E-state index in [2.05, 4.69) is 5.32 Å². The Balaban J connectivity index is 1.84. The van der Waals surface area contributed by atoms with Crippen LogP contribution in [0.5, 0.6) is 5.75 Å². The molecule has 1 aromatic rings. The molecule has 2 rings (SSSR count). The molecule has 1 aliphatic heterocycles. The van der Waals surface area contributed by atoms with Crippen LogP contribution >= 0.6 is 0 Å². The second kappa shape index (κ2) is 7.21. The molecule has 1 N–H and O–H groups in total. The molecule has 1 atom stereocenters. The summed E-state index contributed by atoms with van der Waals surface area (Å²) in [7, 11) is -3.12. The van der Waals surface area contributed by atoms with Gasteiger partial charge in [0, 0.05) is 0 Å². The molecule has 0 bridgehead atoms. The lowest BCUT2D eigenvalue weighted by Crippen LogP contribution is -2.48. The van der Waals surface area contributed by atoms with Gasteiger partial charge >= 0.3 is 5.97 Å². The van der Waals surface area contributed by atoms with Gasteiger partial charge in [-0.1, -0.05) is 0 Å². The van der Waals surface area contributed by atoms with E-state index in [0.29, 0.717) is 24.3 Å². The molecule has 8 heteroatoms. The molecule has 7 nitrogen and oxygen atoms in total. The van der Waals surface area contributed by atoms with Crippen LogP contribution in [0.2, 0.25) is 0 Å². The lowest BCUT2D eigenvalue weighted by Gasteiger charge is -2.23. The number of benzene rings is 1. The summed E-state index contributed by atoms with van der Waals surface area (Å²) in [5.74, 6) is -0.553. The summed E-state index contributed by atoms with van der Waals surface area (Å²) in [6.45, 7) is 3.60. The minimum Gasteiger partial charge on any atom is -0.494 e. The molecule has 1 aromatic carbocycles. The third-order valence-corrected chi connectivity index (χ3v) is 5.58. The van der Waals surface area contributed by atoms with Gasteiger partial charge in [0.05, 0.1) is 29.2 Å². The van der Waals surface area contributed by atoms with Gasteiger partial charge in [-0.3, -0.25) is 4.79 Å². The van der Waals surface area contributed by atoms with E-state index >= 15 is 0 Å². The Kier molecular flexibility index (Phi) is 5.48. The Labute approximate surface area is 141 Å². The maximum atomic E-state index is 11.9. The molecule has 0 aliphatic carbocycles.